The van der Waals surface area contributed by atoms with Crippen LogP contribution in [-0.4, -0.2) is 5.78 Å². The van der Waals surface area contributed by atoms with E-state index in [0.717, 1.165) is 35.7 Å². The van der Waals surface area contributed by atoms with E-state index in [1.165, 1.54) is 16.7 Å². The van der Waals surface area contributed by atoms with Crippen LogP contribution in [0.25, 0.3) is 0 Å². The van der Waals surface area contributed by atoms with Crippen molar-refractivity contribution in [3.63, 3.8) is 0 Å². The van der Waals surface area contributed by atoms with Gasteiger partial charge in [0.2, 0.25) is 0 Å². The van der Waals surface area contributed by atoms with Gasteiger partial charge in [-0.05, 0) is 54.5 Å². The van der Waals surface area contributed by atoms with E-state index in [1.54, 1.807) is 0 Å². The monoisotopic (exact) mass is 326 g/mol. The number of Topliss-reactive ketones (excluding diaryl/α,β-unsaturated/α-hetero) is 1. The van der Waals surface area contributed by atoms with E-state index < -0.39 is 0 Å². The highest BCUT2D eigenvalue weighted by molar-refractivity contribution is 9.10. The van der Waals surface area contributed by atoms with E-state index >= 15 is 0 Å². The minimum atomic E-state index is -0.183. The van der Waals surface area contributed by atoms with Gasteiger partial charge in [0.15, 0.2) is 5.78 Å². The summed E-state index contributed by atoms with van der Waals surface area (Å²) in [5.41, 5.74) is 4.68. The Morgan fingerprint density at radius 1 is 0.950 bits per heavy atom. The van der Waals surface area contributed by atoms with Crippen LogP contribution in [0.4, 0.5) is 0 Å². The second-order valence-electron chi connectivity index (χ2n) is 6.03. The third-order valence-electron chi connectivity index (χ3n) is 4.85. The molecule has 0 unspecified atom stereocenters. The molecule has 20 heavy (non-hydrogen) atoms. The van der Waals surface area contributed by atoms with Crippen molar-refractivity contribution in [3.8, 4) is 0 Å². The minimum Gasteiger partial charge on any atom is -0.294 e. The second kappa shape index (κ2) is 4.29. The number of hydrogen-bond acceptors (Lipinski definition) is 1. The first-order valence-corrected chi connectivity index (χ1v) is 7.87. The summed E-state index contributed by atoms with van der Waals surface area (Å²) in [4.78, 5) is 13.0. The Labute approximate surface area is 127 Å². The van der Waals surface area contributed by atoms with E-state index in [0.29, 0.717) is 5.78 Å². The average Bonchev–Trinajstić information content (AvgIpc) is 2.83. The van der Waals surface area contributed by atoms with Crippen molar-refractivity contribution in [3.05, 3.63) is 69.2 Å². The summed E-state index contributed by atoms with van der Waals surface area (Å²) in [6, 6.07) is 14.6. The van der Waals surface area contributed by atoms with Gasteiger partial charge in [-0.25, -0.2) is 0 Å². The number of halogens is 1. The maximum atomic E-state index is 13.0. The van der Waals surface area contributed by atoms with Crippen molar-refractivity contribution < 1.29 is 4.79 Å². The minimum absolute atomic E-state index is 0.183. The molecule has 0 aliphatic heterocycles. The zero-order valence-corrected chi connectivity index (χ0v) is 12.7. The van der Waals surface area contributed by atoms with Gasteiger partial charge in [-0.15, -0.1) is 0 Å². The van der Waals surface area contributed by atoms with Crippen LogP contribution in [0.2, 0.25) is 0 Å². The average molecular weight is 327 g/mol. The highest BCUT2D eigenvalue weighted by Gasteiger charge is 2.46. The first kappa shape index (κ1) is 12.3. The Morgan fingerprint density at radius 2 is 1.65 bits per heavy atom. The Kier molecular flexibility index (Phi) is 2.65. The summed E-state index contributed by atoms with van der Waals surface area (Å²) < 4.78 is 0.997. The van der Waals surface area contributed by atoms with Crippen molar-refractivity contribution >= 4 is 21.7 Å². The molecule has 2 heteroatoms. The van der Waals surface area contributed by atoms with Gasteiger partial charge in [-0.2, -0.15) is 0 Å². The van der Waals surface area contributed by atoms with E-state index in [-0.39, 0.29) is 5.41 Å². The predicted octanol–water partition coefficient (Wildman–Crippen LogP) is 4.36. The maximum absolute atomic E-state index is 13.0. The van der Waals surface area contributed by atoms with Gasteiger partial charge < -0.3 is 0 Å². The number of ketones is 1. The lowest BCUT2D eigenvalue weighted by Gasteiger charge is -2.33. The van der Waals surface area contributed by atoms with Crippen LogP contribution in [0.3, 0.4) is 0 Å². The first-order chi connectivity index (χ1) is 9.68. The standard InChI is InChI=1S/C18H15BrO/c19-15-6-5-12-7-8-18(17(20)16(12)9-15)10-13-3-1-2-4-14(13)11-18/h1-6,9H,7-8,10-11H2. The maximum Gasteiger partial charge on any atom is 0.169 e. The van der Waals surface area contributed by atoms with Crippen LogP contribution < -0.4 is 0 Å². The molecule has 2 aliphatic carbocycles. The fourth-order valence-corrected chi connectivity index (χ4v) is 4.14. The van der Waals surface area contributed by atoms with E-state index in [4.69, 9.17) is 0 Å². The quantitative estimate of drug-likeness (QED) is 0.702. The van der Waals surface area contributed by atoms with Gasteiger partial charge in [-0.1, -0.05) is 46.3 Å². The molecule has 0 amide bonds. The lowest BCUT2D eigenvalue weighted by molar-refractivity contribution is 0.0771. The molecule has 1 spiro atoms. The largest absolute Gasteiger partial charge is 0.294 e. The van der Waals surface area contributed by atoms with Crippen LogP contribution in [0.15, 0.2) is 46.9 Å². The fraction of sp³-hybridized carbons (Fsp3) is 0.278. The van der Waals surface area contributed by atoms with Gasteiger partial charge in [-0.3, -0.25) is 4.79 Å². The molecule has 1 nitrogen and oxygen atoms in total. The summed E-state index contributed by atoms with van der Waals surface area (Å²) >= 11 is 3.49. The van der Waals surface area contributed by atoms with Gasteiger partial charge in [0.25, 0.3) is 0 Å². The number of aryl methyl sites for hydroxylation is 1. The van der Waals surface area contributed by atoms with Crippen molar-refractivity contribution in [1.29, 1.82) is 0 Å². The summed E-state index contributed by atoms with van der Waals surface area (Å²) in [5, 5.41) is 0. The lowest BCUT2D eigenvalue weighted by Crippen LogP contribution is -2.36. The molecular weight excluding hydrogens is 312 g/mol. The Hall–Kier alpha value is -1.41. The van der Waals surface area contributed by atoms with Gasteiger partial charge in [0, 0.05) is 15.5 Å². The zero-order chi connectivity index (χ0) is 13.7. The Morgan fingerprint density at radius 3 is 2.35 bits per heavy atom. The van der Waals surface area contributed by atoms with Crippen LogP contribution in [0, 0.1) is 5.41 Å². The molecule has 4 rings (SSSR count). The molecule has 2 aliphatic rings. The molecule has 0 heterocycles. The summed E-state index contributed by atoms with van der Waals surface area (Å²) in [6.45, 7) is 0. The highest BCUT2D eigenvalue weighted by Crippen LogP contribution is 2.46. The topological polar surface area (TPSA) is 17.1 Å². The smallest absolute Gasteiger partial charge is 0.169 e. The van der Waals surface area contributed by atoms with Crippen LogP contribution in [-0.2, 0) is 19.3 Å². The molecule has 0 bridgehead atoms. The fourth-order valence-electron chi connectivity index (χ4n) is 3.78. The highest BCUT2D eigenvalue weighted by atomic mass is 79.9. The number of hydrogen-bond donors (Lipinski definition) is 0. The van der Waals surface area contributed by atoms with Crippen LogP contribution in [0.1, 0.15) is 33.5 Å². The Balaban J connectivity index is 1.78. The van der Waals surface area contributed by atoms with E-state index in [9.17, 15) is 4.79 Å². The van der Waals surface area contributed by atoms with E-state index in [2.05, 4.69) is 46.3 Å². The number of benzene rings is 2. The molecule has 0 fully saturated rings. The molecule has 0 N–H and O–H groups in total. The summed E-state index contributed by atoms with van der Waals surface area (Å²) in [6.07, 6.45) is 3.82. The Bertz CT molecular complexity index is 692. The number of carbonyl (C=O) groups is 1. The molecule has 2 aromatic rings. The zero-order valence-electron chi connectivity index (χ0n) is 11.2. The molecule has 0 saturated carbocycles. The molecule has 100 valence electrons. The first-order valence-electron chi connectivity index (χ1n) is 7.08. The van der Waals surface area contributed by atoms with Crippen molar-refractivity contribution in [1.82, 2.24) is 0 Å². The molecule has 0 atom stereocenters. The van der Waals surface area contributed by atoms with Crippen molar-refractivity contribution in [2.24, 2.45) is 5.41 Å². The third-order valence-corrected chi connectivity index (χ3v) is 5.34. The van der Waals surface area contributed by atoms with Gasteiger partial charge >= 0.3 is 0 Å². The van der Waals surface area contributed by atoms with Crippen LogP contribution in [0.5, 0.6) is 0 Å². The molecule has 2 aromatic carbocycles. The van der Waals surface area contributed by atoms with Crippen molar-refractivity contribution in [2.45, 2.75) is 25.7 Å². The normalized spacial score (nSPS) is 18.9. The van der Waals surface area contributed by atoms with Gasteiger partial charge in [0.05, 0.1) is 0 Å². The van der Waals surface area contributed by atoms with Gasteiger partial charge in [0.1, 0.15) is 0 Å². The lowest BCUT2D eigenvalue weighted by atomic mass is 9.69. The predicted molar refractivity (Wildman–Crippen MR) is 83.1 cm³/mol. The number of rotatable bonds is 0. The molecular formula is C18H15BrO. The summed E-state index contributed by atoms with van der Waals surface area (Å²) in [7, 11) is 0. The number of carbonyl (C=O) groups excluding carboxylic acids is 1. The van der Waals surface area contributed by atoms with Crippen LogP contribution >= 0.6 is 15.9 Å². The summed E-state index contributed by atoms with van der Waals surface area (Å²) in [5.74, 6) is 0.344. The molecule has 0 radical (unpaired) electrons. The molecule has 0 aromatic heterocycles. The third kappa shape index (κ3) is 1.71. The van der Waals surface area contributed by atoms with E-state index in [1.807, 2.05) is 12.1 Å². The SMILES string of the molecule is O=C1c2cc(Br)ccc2CCC12Cc1ccccc1C2. The second-order valence-corrected chi connectivity index (χ2v) is 6.95. The molecule has 0 saturated heterocycles. The number of fused-ring (bicyclic) bond motifs is 2. The van der Waals surface area contributed by atoms with Crippen molar-refractivity contribution in [2.75, 3.05) is 0 Å².